The van der Waals surface area contributed by atoms with Gasteiger partial charge in [0.2, 0.25) is 10.0 Å². The number of hydrogen-bond donors (Lipinski definition) is 3. The van der Waals surface area contributed by atoms with Crippen molar-refractivity contribution in [3.63, 3.8) is 0 Å². The number of esters is 1. The lowest BCUT2D eigenvalue weighted by molar-refractivity contribution is -0.156. The Balaban J connectivity index is 1.75. The van der Waals surface area contributed by atoms with Gasteiger partial charge in [0.15, 0.2) is 0 Å². The number of carbonyl (C=O) groups excluding carboxylic acids is 2. The lowest BCUT2D eigenvalue weighted by atomic mass is 10.1. The number of para-hydroxylation sites is 1. The van der Waals surface area contributed by atoms with Crippen molar-refractivity contribution in [2.45, 2.75) is 37.3 Å². The number of ether oxygens (including phenoxy) is 1. The number of thiophene rings is 1. The normalized spacial score (nSPS) is 12.7. The fourth-order valence-corrected chi connectivity index (χ4v) is 5.18. The highest BCUT2D eigenvalue weighted by atomic mass is 32.2. The van der Waals surface area contributed by atoms with Gasteiger partial charge in [0.1, 0.15) is 11.6 Å². The van der Waals surface area contributed by atoms with Gasteiger partial charge in [0, 0.05) is 22.7 Å². The number of sulfonamides is 1. The number of amides is 1. The van der Waals surface area contributed by atoms with Gasteiger partial charge in [-0.05, 0) is 51.1 Å². The Bertz CT molecular complexity index is 1270. The molecule has 3 rings (SSSR count). The molecule has 0 spiro atoms. The highest BCUT2D eigenvalue weighted by Crippen LogP contribution is 2.32. The summed E-state index contributed by atoms with van der Waals surface area (Å²) < 4.78 is 33.3. The predicted octanol–water partition coefficient (Wildman–Crippen LogP) is 3.42. The average molecular weight is 502 g/mol. The fraction of sp³-hybridized carbons (Fsp3) is 0.250. The summed E-state index contributed by atoms with van der Waals surface area (Å²) in [5.41, 5.74) is 6.59. The fourth-order valence-electron chi connectivity index (χ4n) is 3.01. The second kappa shape index (κ2) is 10.4. The van der Waals surface area contributed by atoms with Crippen molar-refractivity contribution in [2.24, 2.45) is 0 Å². The summed E-state index contributed by atoms with van der Waals surface area (Å²) in [6.45, 7) is 4.73. The number of nitrogens with one attached hydrogen (secondary N) is 2. The molecule has 0 fully saturated rings. The van der Waals surface area contributed by atoms with Crippen LogP contribution in [0.2, 0.25) is 0 Å². The first-order chi connectivity index (χ1) is 16.0. The molecule has 0 aliphatic carbocycles. The summed E-state index contributed by atoms with van der Waals surface area (Å²) in [6.07, 6.45) is 0. The molecule has 1 heterocycles. The van der Waals surface area contributed by atoms with Gasteiger partial charge in [-0.1, -0.05) is 36.4 Å². The highest BCUT2D eigenvalue weighted by molar-refractivity contribution is 7.89. The van der Waals surface area contributed by atoms with Crippen LogP contribution >= 0.6 is 11.3 Å². The number of benzene rings is 2. The van der Waals surface area contributed by atoms with E-state index in [1.54, 1.807) is 57.2 Å². The summed E-state index contributed by atoms with van der Waals surface area (Å²) in [4.78, 5) is 26.7. The van der Waals surface area contributed by atoms with E-state index >= 15 is 0 Å². The van der Waals surface area contributed by atoms with Crippen molar-refractivity contribution in [3.05, 3.63) is 71.6 Å². The molecule has 0 bridgehead atoms. The first-order valence-corrected chi connectivity index (χ1v) is 12.8. The molecule has 0 radical (unpaired) electrons. The molecule has 0 saturated heterocycles. The van der Waals surface area contributed by atoms with Gasteiger partial charge in [-0.3, -0.25) is 9.59 Å². The topological polar surface area (TPSA) is 128 Å². The first kappa shape index (κ1) is 25.4. The minimum atomic E-state index is -4.02. The van der Waals surface area contributed by atoms with E-state index in [9.17, 15) is 18.0 Å². The molecule has 8 nitrogen and oxygen atoms in total. The number of nitrogens with two attached hydrogens (primary N) is 1. The third-order valence-corrected chi connectivity index (χ3v) is 7.17. The van der Waals surface area contributed by atoms with Crippen LogP contribution in [0.25, 0.3) is 10.4 Å². The predicted molar refractivity (Wildman–Crippen MR) is 133 cm³/mol. The zero-order chi connectivity index (χ0) is 24.9. The van der Waals surface area contributed by atoms with E-state index < -0.39 is 33.5 Å². The summed E-state index contributed by atoms with van der Waals surface area (Å²) in [5.74, 6) is -1.24. The van der Waals surface area contributed by atoms with Gasteiger partial charge < -0.3 is 15.8 Å². The lowest BCUT2D eigenvalue weighted by Gasteiger charge is -2.24. The molecule has 34 heavy (non-hydrogen) atoms. The molecule has 1 atom stereocenters. The van der Waals surface area contributed by atoms with Gasteiger partial charge in [0.05, 0.1) is 9.77 Å². The zero-order valence-corrected chi connectivity index (χ0v) is 20.7. The van der Waals surface area contributed by atoms with Crippen molar-refractivity contribution < 1.29 is 22.7 Å². The van der Waals surface area contributed by atoms with Crippen LogP contribution in [0, 0.1) is 0 Å². The Labute approximate surface area is 203 Å². The minimum absolute atomic E-state index is 0.00164. The van der Waals surface area contributed by atoms with Crippen molar-refractivity contribution in [3.8, 4) is 10.4 Å². The van der Waals surface area contributed by atoms with Crippen molar-refractivity contribution in [2.75, 3.05) is 12.3 Å². The molecular weight excluding hydrogens is 474 g/mol. The number of hydrogen-bond acceptors (Lipinski definition) is 7. The van der Waals surface area contributed by atoms with Crippen LogP contribution < -0.4 is 15.8 Å². The van der Waals surface area contributed by atoms with Crippen LogP contribution in [-0.2, 0) is 19.6 Å². The Morgan fingerprint density at radius 1 is 1.00 bits per heavy atom. The SMILES string of the molecule is CC(C)(C)OC(=O)[C@H](CNC(=O)c1ccc(-c2ccccc2N)s1)NS(=O)(=O)c1ccccc1. The zero-order valence-electron chi connectivity index (χ0n) is 19.1. The first-order valence-electron chi connectivity index (χ1n) is 10.5. The van der Waals surface area contributed by atoms with Crippen LogP contribution in [0.3, 0.4) is 0 Å². The van der Waals surface area contributed by atoms with Gasteiger partial charge in [-0.15, -0.1) is 11.3 Å². The molecule has 1 amide bonds. The van der Waals surface area contributed by atoms with E-state index in [2.05, 4.69) is 10.0 Å². The molecule has 180 valence electrons. The van der Waals surface area contributed by atoms with E-state index in [4.69, 9.17) is 10.5 Å². The van der Waals surface area contributed by atoms with Crippen LogP contribution in [0.4, 0.5) is 5.69 Å². The maximum atomic E-state index is 12.8. The van der Waals surface area contributed by atoms with E-state index in [1.807, 2.05) is 18.2 Å². The van der Waals surface area contributed by atoms with Crippen molar-refractivity contribution >= 4 is 38.9 Å². The molecule has 0 unspecified atom stereocenters. The van der Waals surface area contributed by atoms with Gasteiger partial charge in [0.25, 0.3) is 5.91 Å². The van der Waals surface area contributed by atoms with Crippen LogP contribution in [0.15, 0.2) is 71.6 Å². The number of anilines is 1. The van der Waals surface area contributed by atoms with Gasteiger partial charge in [-0.25, -0.2) is 8.42 Å². The Morgan fingerprint density at radius 3 is 2.29 bits per heavy atom. The molecular formula is C24H27N3O5S2. The Hall–Kier alpha value is -3.21. The molecule has 2 aromatic carbocycles. The summed E-state index contributed by atoms with van der Waals surface area (Å²) >= 11 is 1.24. The quantitative estimate of drug-likeness (QED) is 0.321. The van der Waals surface area contributed by atoms with Crippen molar-refractivity contribution in [1.82, 2.24) is 10.0 Å². The summed E-state index contributed by atoms with van der Waals surface area (Å²) in [6, 6.07) is 17.1. The third kappa shape index (κ3) is 6.66. The smallest absolute Gasteiger partial charge is 0.326 e. The lowest BCUT2D eigenvalue weighted by Crippen LogP contribution is -2.50. The van der Waals surface area contributed by atoms with Crippen molar-refractivity contribution in [1.29, 1.82) is 0 Å². The largest absolute Gasteiger partial charge is 0.459 e. The summed E-state index contributed by atoms with van der Waals surface area (Å²) in [5, 5.41) is 2.63. The van der Waals surface area contributed by atoms with Gasteiger partial charge >= 0.3 is 5.97 Å². The molecule has 4 N–H and O–H groups in total. The number of rotatable bonds is 8. The second-order valence-electron chi connectivity index (χ2n) is 8.48. The molecule has 0 saturated carbocycles. The maximum Gasteiger partial charge on any atom is 0.326 e. The van der Waals surface area contributed by atoms with Gasteiger partial charge in [-0.2, -0.15) is 4.72 Å². The van der Waals surface area contributed by atoms with E-state index in [0.717, 1.165) is 10.4 Å². The average Bonchev–Trinajstić information content (AvgIpc) is 3.26. The molecule has 10 heteroatoms. The monoisotopic (exact) mass is 501 g/mol. The second-order valence-corrected chi connectivity index (χ2v) is 11.3. The van der Waals surface area contributed by atoms with Crippen LogP contribution in [-0.4, -0.2) is 38.5 Å². The molecule has 0 aliphatic heterocycles. The maximum absolute atomic E-state index is 12.8. The standard InChI is InChI=1S/C24H27N3O5S2/c1-24(2,3)32-23(29)19(27-34(30,31)16-9-5-4-6-10-16)15-26-22(28)21-14-13-20(33-21)17-11-7-8-12-18(17)25/h4-14,19,27H,15,25H2,1-3H3,(H,26,28)/t19-/m0/s1. The molecule has 3 aromatic rings. The highest BCUT2D eigenvalue weighted by Gasteiger charge is 2.30. The summed E-state index contributed by atoms with van der Waals surface area (Å²) in [7, 11) is -4.02. The minimum Gasteiger partial charge on any atom is -0.459 e. The number of carbonyl (C=O) groups is 2. The van der Waals surface area contributed by atoms with E-state index in [1.165, 1.54) is 23.5 Å². The van der Waals surface area contributed by atoms with Crippen LogP contribution in [0.1, 0.15) is 30.4 Å². The van der Waals surface area contributed by atoms with E-state index in [-0.39, 0.29) is 11.4 Å². The van der Waals surface area contributed by atoms with Crippen LogP contribution in [0.5, 0.6) is 0 Å². The Morgan fingerprint density at radius 2 is 1.65 bits per heavy atom. The molecule has 0 aliphatic rings. The number of nitrogen functional groups attached to an aromatic ring is 1. The Kier molecular flexibility index (Phi) is 7.75. The third-order valence-electron chi connectivity index (χ3n) is 4.56. The molecule has 1 aromatic heterocycles. The van der Waals surface area contributed by atoms with E-state index in [0.29, 0.717) is 10.6 Å².